The van der Waals surface area contributed by atoms with Gasteiger partial charge < -0.3 is 4.74 Å². The first-order chi connectivity index (χ1) is 6.74. The first-order valence-electron chi connectivity index (χ1n) is 4.36. The summed E-state index contributed by atoms with van der Waals surface area (Å²) in [5.74, 6) is -0.244. The van der Waals surface area contributed by atoms with Crippen molar-refractivity contribution in [3.63, 3.8) is 0 Å². The molecule has 1 nitrogen and oxygen atoms in total. The highest BCUT2D eigenvalue weighted by Gasteiger charge is 2.00. The van der Waals surface area contributed by atoms with Gasteiger partial charge in [0, 0.05) is 4.47 Å². The van der Waals surface area contributed by atoms with Crippen molar-refractivity contribution in [1.29, 1.82) is 0 Å². The Morgan fingerprint density at radius 3 is 2.93 bits per heavy atom. The van der Waals surface area contributed by atoms with Gasteiger partial charge in [-0.2, -0.15) is 0 Å². The maximum Gasteiger partial charge on any atom is 0.124 e. The standard InChI is InChI=1S/C11H12BrFO/c1-2-3-6-14-8-9-4-5-10(13)7-11(9)12/h2,4-5,7H,1,3,6,8H2. The zero-order valence-electron chi connectivity index (χ0n) is 7.80. The van der Waals surface area contributed by atoms with Gasteiger partial charge >= 0.3 is 0 Å². The van der Waals surface area contributed by atoms with Gasteiger partial charge in [-0.25, -0.2) is 4.39 Å². The largest absolute Gasteiger partial charge is 0.376 e. The summed E-state index contributed by atoms with van der Waals surface area (Å²) in [6.45, 7) is 4.74. The summed E-state index contributed by atoms with van der Waals surface area (Å²) in [6.07, 6.45) is 2.64. The van der Waals surface area contributed by atoms with Crippen LogP contribution in [0.5, 0.6) is 0 Å². The Morgan fingerprint density at radius 1 is 1.50 bits per heavy atom. The van der Waals surface area contributed by atoms with Crippen molar-refractivity contribution < 1.29 is 9.13 Å². The molecule has 3 heteroatoms. The van der Waals surface area contributed by atoms with Crippen molar-refractivity contribution in [2.45, 2.75) is 13.0 Å². The van der Waals surface area contributed by atoms with Gasteiger partial charge in [-0.15, -0.1) is 6.58 Å². The molecular weight excluding hydrogens is 247 g/mol. The summed E-state index contributed by atoms with van der Waals surface area (Å²) in [6, 6.07) is 4.58. The number of hydrogen-bond acceptors (Lipinski definition) is 1. The third-order valence-electron chi connectivity index (χ3n) is 1.74. The second kappa shape index (κ2) is 5.94. The van der Waals surface area contributed by atoms with E-state index >= 15 is 0 Å². The number of hydrogen-bond donors (Lipinski definition) is 0. The van der Waals surface area contributed by atoms with Crippen molar-refractivity contribution in [3.8, 4) is 0 Å². The van der Waals surface area contributed by atoms with Crippen LogP contribution in [-0.4, -0.2) is 6.61 Å². The second-order valence-corrected chi connectivity index (χ2v) is 3.72. The number of halogens is 2. The van der Waals surface area contributed by atoms with Gasteiger partial charge in [0.15, 0.2) is 0 Å². The monoisotopic (exact) mass is 258 g/mol. The lowest BCUT2D eigenvalue weighted by Gasteiger charge is -2.05. The molecule has 0 bridgehead atoms. The van der Waals surface area contributed by atoms with Crippen molar-refractivity contribution in [2.75, 3.05) is 6.61 Å². The summed E-state index contributed by atoms with van der Waals surface area (Å²) in [4.78, 5) is 0. The molecule has 0 amide bonds. The number of benzene rings is 1. The van der Waals surface area contributed by atoms with Crippen LogP contribution in [0.2, 0.25) is 0 Å². The fourth-order valence-corrected chi connectivity index (χ4v) is 1.45. The summed E-state index contributed by atoms with van der Waals surface area (Å²) < 4.78 is 18.8. The van der Waals surface area contributed by atoms with E-state index in [1.165, 1.54) is 12.1 Å². The van der Waals surface area contributed by atoms with E-state index in [-0.39, 0.29) is 5.82 Å². The topological polar surface area (TPSA) is 9.23 Å². The van der Waals surface area contributed by atoms with Crippen LogP contribution in [0.15, 0.2) is 35.3 Å². The highest BCUT2D eigenvalue weighted by molar-refractivity contribution is 9.10. The molecule has 0 N–H and O–H groups in total. The smallest absolute Gasteiger partial charge is 0.124 e. The van der Waals surface area contributed by atoms with Crippen molar-refractivity contribution in [3.05, 3.63) is 46.7 Å². The van der Waals surface area contributed by atoms with Crippen LogP contribution >= 0.6 is 15.9 Å². The van der Waals surface area contributed by atoms with E-state index in [1.54, 1.807) is 12.1 Å². The average Bonchev–Trinajstić information content (AvgIpc) is 2.15. The Balaban J connectivity index is 2.46. The Hall–Kier alpha value is -0.670. The fourth-order valence-electron chi connectivity index (χ4n) is 0.988. The Kier molecular flexibility index (Phi) is 4.84. The van der Waals surface area contributed by atoms with Gasteiger partial charge in [0.2, 0.25) is 0 Å². The minimum atomic E-state index is -0.244. The predicted octanol–water partition coefficient (Wildman–Crippen LogP) is 3.68. The molecule has 0 fully saturated rings. The van der Waals surface area contributed by atoms with Crippen LogP contribution in [0.4, 0.5) is 4.39 Å². The fraction of sp³-hybridized carbons (Fsp3) is 0.273. The van der Waals surface area contributed by atoms with Gasteiger partial charge in [0.25, 0.3) is 0 Å². The Morgan fingerprint density at radius 2 is 2.29 bits per heavy atom. The highest BCUT2D eigenvalue weighted by Crippen LogP contribution is 2.18. The molecule has 1 rings (SSSR count). The molecule has 0 aliphatic carbocycles. The van der Waals surface area contributed by atoms with Gasteiger partial charge in [0.05, 0.1) is 13.2 Å². The third-order valence-corrected chi connectivity index (χ3v) is 2.48. The molecule has 0 unspecified atom stereocenters. The lowest BCUT2D eigenvalue weighted by atomic mass is 10.2. The van der Waals surface area contributed by atoms with E-state index in [9.17, 15) is 4.39 Å². The molecule has 0 spiro atoms. The van der Waals surface area contributed by atoms with Crippen molar-refractivity contribution in [2.24, 2.45) is 0 Å². The van der Waals surface area contributed by atoms with E-state index in [4.69, 9.17) is 4.74 Å². The van der Waals surface area contributed by atoms with Crippen LogP contribution in [0.25, 0.3) is 0 Å². The quantitative estimate of drug-likeness (QED) is 0.579. The normalized spacial score (nSPS) is 10.1. The molecule has 0 radical (unpaired) electrons. The Bertz CT molecular complexity index is 312. The van der Waals surface area contributed by atoms with Crippen molar-refractivity contribution in [1.82, 2.24) is 0 Å². The molecule has 0 saturated carbocycles. The molecule has 1 aromatic carbocycles. The molecule has 14 heavy (non-hydrogen) atoms. The maximum absolute atomic E-state index is 12.7. The van der Waals surface area contributed by atoms with Crippen molar-refractivity contribution >= 4 is 15.9 Å². The SMILES string of the molecule is C=CCCOCc1ccc(F)cc1Br. The zero-order valence-corrected chi connectivity index (χ0v) is 9.39. The van der Waals surface area contributed by atoms with Crippen LogP contribution in [0.1, 0.15) is 12.0 Å². The molecule has 0 saturated heterocycles. The molecule has 0 aliphatic heterocycles. The summed E-state index contributed by atoms with van der Waals surface area (Å²) in [5.41, 5.74) is 0.954. The van der Waals surface area contributed by atoms with Gasteiger partial charge in [-0.1, -0.05) is 28.1 Å². The van der Waals surface area contributed by atoms with Crippen LogP contribution in [-0.2, 0) is 11.3 Å². The minimum Gasteiger partial charge on any atom is -0.376 e. The van der Waals surface area contributed by atoms with E-state index < -0.39 is 0 Å². The van der Waals surface area contributed by atoms with E-state index in [1.807, 2.05) is 0 Å². The molecule has 0 atom stereocenters. The van der Waals surface area contributed by atoms with Gasteiger partial charge in [-0.05, 0) is 24.1 Å². The first-order valence-corrected chi connectivity index (χ1v) is 5.16. The third kappa shape index (κ3) is 3.60. The van der Waals surface area contributed by atoms with E-state index in [0.717, 1.165) is 16.5 Å². The lowest BCUT2D eigenvalue weighted by molar-refractivity contribution is 0.125. The van der Waals surface area contributed by atoms with E-state index in [0.29, 0.717) is 13.2 Å². The molecule has 1 aromatic rings. The van der Waals surface area contributed by atoms with Gasteiger partial charge in [-0.3, -0.25) is 0 Å². The number of ether oxygens (including phenoxy) is 1. The first kappa shape index (κ1) is 11.4. The summed E-state index contributed by atoms with van der Waals surface area (Å²) in [7, 11) is 0. The predicted molar refractivity (Wildman–Crippen MR) is 58.6 cm³/mol. The average molecular weight is 259 g/mol. The second-order valence-electron chi connectivity index (χ2n) is 2.87. The van der Waals surface area contributed by atoms with Crippen LogP contribution in [0, 0.1) is 5.82 Å². The summed E-state index contributed by atoms with van der Waals surface area (Å²) in [5, 5.41) is 0. The molecule has 0 aliphatic rings. The van der Waals surface area contributed by atoms with E-state index in [2.05, 4.69) is 22.5 Å². The van der Waals surface area contributed by atoms with Crippen LogP contribution in [0.3, 0.4) is 0 Å². The minimum absolute atomic E-state index is 0.244. The van der Waals surface area contributed by atoms with Crippen LogP contribution < -0.4 is 0 Å². The number of rotatable bonds is 5. The Labute approximate surface area is 91.7 Å². The lowest BCUT2D eigenvalue weighted by Crippen LogP contribution is -1.95. The maximum atomic E-state index is 12.7. The highest BCUT2D eigenvalue weighted by atomic mass is 79.9. The molecule has 0 aromatic heterocycles. The molecule has 76 valence electrons. The van der Waals surface area contributed by atoms with Gasteiger partial charge in [0.1, 0.15) is 5.82 Å². The molecular formula is C11H12BrFO. The zero-order chi connectivity index (χ0) is 10.4. The summed E-state index contributed by atoms with van der Waals surface area (Å²) >= 11 is 3.28. The molecule has 0 heterocycles.